The van der Waals surface area contributed by atoms with Crippen LogP contribution in [0, 0.1) is 0 Å². The molecule has 0 amide bonds. The van der Waals surface area contributed by atoms with Crippen molar-refractivity contribution >= 4 is 17.6 Å². The maximum Gasteiger partial charge on any atom is 0.336 e. The van der Waals surface area contributed by atoms with Crippen molar-refractivity contribution in [2.45, 2.75) is 0 Å². The largest absolute Gasteiger partial charge is 0.478 e. The molecule has 1 aromatic heterocycles. The first-order valence-corrected chi connectivity index (χ1v) is 4.97. The molecule has 1 N–H and O–H groups in total. The maximum absolute atomic E-state index is 11.0. The summed E-state index contributed by atoms with van der Waals surface area (Å²) in [5.74, 6) is -0.976. The van der Waals surface area contributed by atoms with Gasteiger partial charge in [0.2, 0.25) is 0 Å². The highest BCUT2D eigenvalue weighted by Crippen LogP contribution is 2.26. The molecular formula is C11H9ClN2O2. The van der Waals surface area contributed by atoms with Crippen LogP contribution in [-0.2, 0) is 7.05 Å². The summed E-state index contributed by atoms with van der Waals surface area (Å²) in [6.07, 6.45) is 3.36. The van der Waals surface area contributed by atoms with Gasteiger partial charge >= 0.3 is 5.97 Å². The Labute approximate surface area is 97.1 Å². The molecule has 5 heteroatoms. The van der Waals surface area contributed by atoms with Crippen LogP contribution >= 0.6 is 11.6 Å². The maximum atomic E-state index is 11.0. The Morgan fingerprint density at radius 2 is 2.25 bits per heavy atom. The molecule has 0 aliphatic heterocycles. The van der Waals surface area contributed by atoms with Gasteiger partial charge in [-0.25, -0.2) is 4.79 Å². The molecule has 0 aliphatic carbocycles. The van der Waals surface area contributed by atoms with Crippen LogP contribution in [0.5, 0.6) is 0 Å². The van der Waals surface area contributed by atoms with Gasteiger partial charge in [0.1, 0.15) is 0 Å². The number of carboxylic acids is 1. The Balaban J connectivity index is 2.62. The summed E-state index contributed by atoms with van der Waals surface area (Å²) in [7, 11) is 1.77. The van der Waals surface area contributed by atoms with Crippen LogP contribution in [0.25, 0.3) is 11.1 Å². The Bertz CT molecular complexity index is 549. The molecule has 0 spiro atoms. The molecular weight excluding hydrogens is 228 g/mol. The number of benzene rings is 1. The number of aryl methyl sites for hydroxylation is 1. The first-order chi connectivity index (χ1) is 7.58. The summed E-state index contributed by atoms with van der Waals surface area (Å²) < 4.78 is 1.61. The fraction of sp³-hybridized carbons (Fsp3) is 0.0909. The zero-order valence-corrected chi connectivity index (χ0v) is 9.27. The third-order valence-electron chi connectivity index (χ3n) is 2.23. The molecule has 0 saturated carbocycles. The van der Waals surface area contributed by atoms with Crippen LogP contribution in [0.3, 0.4) is 0 Å². The van der Waals surface area contributed by atoms with E-state index in [4.69, 9.17) is 16.7 Å². The van der Waals surface area contributed by atoms with Gasteiger partial charge in [0.05, 0.1) is 11.8 Å². The van der Waals surface area contributed by atoms with Gasteiger partial charge in [-0.05, 0) is 18.2 Å². The van der Waals surface area contributed by atoms with Crippen LogP contribution in [0.4, 0.5) is 0 Å². The molecule has 0 aliphatic rings. The molecule has 0 bridgehead atoms. The lowest BCUT2D eigenvalue weighted by molar-refractivity contribution is 0.0698. The minimum Gasteiger partial charge on any atom is -0.478 e. The molecule has 0 saturated heterocycles. The van der Waals surface area contributed by atoms with Crippen molar-refractivity contribution in [3.05, 3.63) is 41.2 Å². The Kier molecular flexibility index (Phi) is 2.66. The molecule has 82 valence electrons. The highest BCUT2D eigenvalue weighted by molar-refractivity contribution is 6.31. The number of hydrogen-bond acceptors (Lipinski definition) is 2. The van der Waals surface area contributed by atoms with Gasteiger partial charge in [-0.1, -0.05) is 11.6 Å². The lowest BCUT2D eigenvalue weighted by Gasteiger charge is -2.03. The summed E-state index contributed by atoms with van der Waals surface area (Å²) in [6, 6.07) is 4.68. The van der Waals surface area contributed by atoms with Gasteiger partial charge in [0.15, 0.2) is 0 Å². The molecule has 2 rings (SSSR count). The highest BCUT2D eigenvalue weighted by Gasteiger charge is 2.13. The van der Waals surface area contributed by atoms with Crippen LogP contribution < -0.4 is 0 Å². The van der Waals surface area contributed by atoms with Crippen molar-refractivity contribution in [3.63, 3.8) is 0 Å². The van der Waals surface area contributed by atoms with Crippen molar-refractivity contribution < 1.29 is 9.90 Å². The first-order valence-electron chi connectivity index (χ1n) is 4.60. The second-order valence-corrected chi connectivity index (χ2v) is 3.83. The summed E-state index contributed by atoms with van der Waals surface area (Å²) in [5, 5.41) is 13.6. The van der Waals surface area contributed by atoms with E-state index >= 15 is 0 Å². The molecule has 1 heterocycles. The van der Waals surface area contributed by atoms with E-state index in [-0.39, 0.29) is 5.56 Å². The molecule has 2 aromatic rings. The van der Waals surface area contributed by atoms with E-state index in [1.54, 1.807) is 36.3 Å². The number of nitrogens with zero attached hydrogens (tertiary/aromatic N) is 2. The number of aromatic nitrogens is 2. The second-order valence-electron chi connectivity index (χ2n) is 3.40. The number of rotatable bonds is 2. The summed E-state index contributed by atoms with van der Waals surface area (Å²) in [4.78, 5) is 11.0. The van der Waals surface area contributed by atoms with E-state index in [9.17, 15) is 4.79 Å². The zero-order chi connectivity index (χ0) is 11.7. The molecule has 4 nitrogen and oxygen atoms in total. The zero-order valence-electron chi connectivity index (χ0n) is 8.51. The predicted octanol–water partition coefficient (Wildman–Crippen LogP) is 2.44. The van der Waals surface area contributed by atoms with Gasteiger partial charge in [-0.2, -0.15) is 5.10 Å². The molecule has 0 atom stereocenters. The summed E-state index contributed by atoms with van der Waals surface area (Å²) >= 11 is 5.86. The quantitative estimate of drug-likeness (QED) is 0.871. The van der Waals surface area contributed by atoms with E-state index < -0.39 is 5.97 Å². The lowest BCUT2D eigenvalue weighted by atomic mass is 10.0. The summed E-state index contributed by atoms with van der Waals surface area (Å²) in [6.45, 7) is 0. The predicted molar refractivity (Wildman–Crippen MR) is 60.6 cm³/mol. The normalized spacial score (nSPS) is 10.4. The molecule has 0 radical (unpaired) electrons. The van der Waals surface area contributed by atoms with Crippen LogP contribution in [0.2, 0.25) is 5.02 Å². The van der Waals surface area contributed by atoms with E-state index in [0.29, 0.717) is 10.6 Å². The topological polar surface area (TPSA) is 55.1 Å². The molecule has 16 heavy (non-hydrogen) atoms. The number of carbonyl (C=O) groups is 1. The minimum atomic E-state index is -0.976. The third kappa shape index (κ3) is 1.92. The van der Waals surface area contributed by atoms with Crippen molar-refractivity contribution in [3.8, 4) is 11.1 Å². The SMILES string of the molecule is Cn1cc(-c2cc(Cl)ccc2C(=O)O)cn1. The van der Waals surface area contributed by atoms with E-state index in [1.807, 2.05) is 0 Å². The Morgan fingerprint density at radius 3 is 2.81 bits per heavy atom. The summed E-state index contributed by atoms with van der Waals surface area (Å²) in [5.41, 5.74) is 1.54. The van der Waals surface area contributed by atoms with Crippen LogP contribution in [0.15, 0.2) is 30.6 Å². The smallest absolute Gasteiger partial charge is 0.336 e. The Morgan fingerprint density at radius 1 is 1.50 bits per heavy atom. The molecule has 0 unspecified atom stereocenters. The lowest BCUT2D eigenvalue weighted by Crippen LogP contribution is -1.98. The van der Waals surface area contributed by atoms with Gasteiger partial charge < -0.3 is 5.11 Å². The van der Waals surface area contributed by atoms with E-state index in [0.717, 1.165) is 5.56 Å². The van der Waals surface area contributed by atoms with Crippen LogP contribution in [0.1, 0.15) is 10.4 Å². The van der Waals surface area contributed by atoms with Crippen LogP contribution in [-0.4, -0.2) is 20.9 Å². The van der Waals surface area contributed by atoms with E-state index in [2.05, 4.69) is 5.10 Å². The highest BCUT2D eigenvalue weighted by atomic mass is 35.5. The van der Waals surface area contributed by atoms with Crippen molar-refractivity contribution in [1.29, 1.82) is 0 Å². The molecule has 0 fully saturated rings. The third-order valence-corrected chi connectivity index (χ3v) is 2.46. The monoisotopic (exact) mass is 236 g/mol. The van der Waals surface area contributed by atoms with Crippen molar-refractivity contribution in [2.24, 2.45) is 7.05 Å². The second kappa shape index (κ2) is 3.98. The number of hydrogen-bond donors (Lipinski definition) is 1. The number of halogens is 1. The Hall–Kier alpha value is -1.81. The fourth-order valence-electron chi connectivity index (χ4n) is 1.50. The average Bonchev–Trinajstić information content (AvgIpc) is 2.64. The van der Waals surface area contributed by atoms with Gasteiger partial charge in [-0.3, -0.25) is 4.68 Å². The van der Waals surface area contributed by atoms with Gasteiger partial charge in [0, 0.05) is 29.4 Å². The van der Waals surface area contributed by atoms with Gasteiger partial charge in [-0.15, -0.1) is 0 Å². The number of aromatic carboxylic acids is 1. The average molecular weight is 237 g/mol. The van der Waals surface area contributed by atoms with E-state index in [1.165, 1.54) is 6.07 Å². The fourth-order valence-corrected chi connectivity index (χ4v) is 1.67. The van der Waals surface area contributed by atoms with Crippen molar-refractivity contribution in [1.82, 2.24) is 9.78 Å². The standard InChI is InChI=1S/C11H9ClN2O2/c1-14-6-7(5-13-14)10-4-8(12)2-3-9(10)11(15)16/h2-6H,1H3,(H,15,16). The first kappa shape index (κ1) is 10.7. The van der Waals surface area contributed by atoms with Gasteiger partial charge in [0.25, 0.3) is 0 Å². The molecule has 1 aromatic carbocycles. The van der Waals surface area contributed by atoms with Crippen molar-refractivity contribution in [2.75, 3.05) is 0 Å². The minimum absolute atomic E-state index is 0.220. The number of carboxylic acid groups (broad SMARTS) is 1.